The number of phenols is 1. The summed E-state index contributed by atoms with van der Waals surface area (Å²) in [5.74, 6) is -0.587. The molecule has 7 atom stereocenters. The van der Waals surface area contributed by atoms with Crippen molar-refractivity contribution in [3.63, 3.8) is 0 Å². The molecule has 9 heteroatoms. The van der Waals surface area contributed by atoms with E-state index in [9.17, 15) is 30.3 Å². The van der Waals surface area contributed by atoms with Crippen LogP contribution in [0.4, 0.5) is 0 Å². The average molecular weight is 424 g/mol. The number of ether oxygens (including phenoxy) is 3. The highest BCUT2D eigenvalue weighted by Gasteiger charge is 2.46. The molecule has 3 rings (SSSR count). The molecule has 1 heterocycles. The molecule has 2 fully saturated rings. The van der Waals surface area contributed by atoms with Gasteiger partial charge in [0.15, 0.2) is 6.29 Å². The van der Waals surface area contributed by atoms with Crippen molar-refractivity contribution in [2.75, 3.05) is 6.61 Å². The van der Waals surface area contributed by atoms with Crippen molar-refractivity contribution in [1.82, 2.24) is 0 Å². The molecule has 0 unspecified atom stereocenters. The largest absolute Gasteiger partial charge is 0.508 e. The lowest BCUT2D eigenvalue weighted by molar-refractivity contribution is -0.319. The molecule has 166 valence electrons. The first kappa shape index (κ1) is 22.7. The van der Waals surface area contributed by atoms with Gasteiger partial charge in [0.25, 0.3) is 0 Å². The van der Waals surface area contributed by atoms with Crippen molar-refractivity contribution < 1.29 is 44.5 Å². The lowest BCUT2D eigenvalue weighted by atomic mass is 9.94. The van der Waals surface area contributed by atoms with E-state index >= 15 is 0 Å². The van der Waals surface area contributed by atoms with Gasteiger partial charge in [-0.2, -0.15) is 0 Å². The molecule has 5 N–H and O–H groups in total. The Balaban J connectivity index is 1.54. The number of carbonyl (C=O) groups is 1. The second-order valence-electron chi connectivity index (χ2n) is 7.60. The molecule has 1 saturated heterocycles. The summed E-state index contributed by atoms with van der Waals surface area (Å²) in [5.41, 5.74) is 0.678. The zero-order chi connectivity index (χ0) is 21.7. The van der Waals surface area contributed by atoms with Crippen molar-refractivity contribution in [2.45, 2.75) is 68.6 Å². The monoisotopic (exact) mass is 424 g/mol. The molecule has 1 aliphatic heterocycles. The van der Waals surface area contributed by atoms with Gasteiger partial charge in [-0.05, 0) is 36.6 Å². The molecular formula is C21H28O9. The zero-order valence-electron chi connectivity index (χ0n) is 16.4. The lowest BCUT2D eigenvalue weighted by Gasteiger charge is -2.42. The molecule has 9 nitrogen and oxygen atoms in total. The Kier molecular flexibility index (Phi) is 7.81. The van der Waals surface area contributed by atoms with Gasteiger partial charge in [-0.3, -0.25) is 0 Å². The SMILES string of the molecule is O=C(/C=C/c1ccc(O)cc1)OC[C@H]1O[C@@H](O[C@H]2CCCC[C@@H]2O)[C@H](O)[C@@H](O)[C@@H]1O. The Bertz CT molecular complexity index is 720. The van der Waals surface area contributed by atoms with E-state index in [1.807, 2.05) is 0 Å². The van der Waals surface area contributed by atoms with Gasteiger partial charge in [-0.25, -0.2) is 4.79 Å². The molecule has 2 aliphatic rings. The Morgan fingerprint density at radius 2 is 1.73 bits per heavy atom. The fourth-order valence-corrected chi connectivity index (χ4v) is 3.54. The Hall–Kier alpha value is -2.01. The molecule has 1 aliphatic carbocycles. The van der Waals surface area contributed by atoms with Crippen LogP contribution in [0.5, 0.6) is 5.75 Å². The maximum atomic E-state index is 11.9. The van der Waals surface area contributed by atoms with Crippen LogP contribution in [-0.4, -0.2) is 81.0 Å². The normalized spacial score (nSPS) is 34.7. The van der Waals surface area contributed by atoms with Crippen molar-refractivity contribution in [2.24, 2.45) is 0 Å². The molecule has 1 aromatic rings. The van der Waals surface area contributed by atoms with Crippen LogP contribution in [0.3, 0.4) is 0 Å². The number of aliphatic hydroxyl groups excluding tert-OH is 4. The summed E-state index contributed by atoms with van der Waals surface area (Å²) in [6, 6.07) is 6.19. The van der Waals surface area contributed by atoms with Crippen LogP contribution in [0.1, 0.15) is 31.2 Å². The smallest absolute Gasteiger partial charge is 0.330 e. The third-order valence-corrected chi connectivity index (χ3v) is 5.34. The van der Waals surface area contributed by atoms with Gasteiger partial charge in [0.2, 0.25) is 0 Å². The molecule has 30 heavy (non-hydrogen) atoms. The van der Waals surface area contributed by atoms with Crippen molar-refractivity contribution in [3.8, 4) is 5.75 Å². The molecule has 0 bridgehead atoms. The molecular weight excluding hydrogens is 396 g/mol. The van der Waals surface area contributed by atoms with E-state index in [-0.39, 0.29) is 12.4 Å². The minimum Gasteiger partial charge on any atom is -0.508 e. The van der Waals surface area contributed by atoms with Crippen LogP contribution < -0.4 is 0 Å². The first-order valence-corrected chi connectivity index (χ1v) is 10.0. The maximum Gasteiger partial charge on any atom is 0.330 e. The van der Waals surface area contributed by atoms with E-state index in [1.54, 1.807) is 12.1 Å². The third kappa shape index (κ3) is 5.78. The number of carbonyl (C=O) groups excluding carboxylic acids is 1. The van der Waals surface area contributed by atoms with E-state index in [0.29, 0.717) is 18.4 Å². The van der Waals surface area contributed by atoms with Gasteiger partial charge in [-0.15, -0.1) is 0 Å². The number of esters is 1. The van der Waals surface area contributed by atoms with E-state index in [4.69, 9.17) is 14.2 Å². The van der Waals surface area contributed by atoms with Gasteiger partial charge in [0.05, 0.1) is 12.2 Å². The van der Waals surface area contributed by atoms with Crippen LogP contribution in [0, 0.1) is 0 Å². The summed E-state index contributed by atoms with van der Waals surface area (Å²) < 4.78 is 16.3. The Morgan fingerprint density at radius 1 is 1.03 bits per heavy atom. The summed E-state index contributed by atoms with van der Waals surface area (Å²) in [7, 11) is 0. The van der Waals surface area contributed by atoms with Crippen molar-refractivity contribution in [3.05, 3.63) is 35.9 Å². The number of phenolic OH excluding ortho intramolecular Hbond substituents is 1. The summed E-state index contributed by atoms with van der Waals surface area (Å²) in [5, 5.41) is 49.8. The van der Waals surface area contributed by atoms with Gasteiger partial charge >= 0.3 is 5.97 Å². The van der Waals surface area contributed by atoms with Crippen LogP contribution in [0.2, 0.25) is 0 Å². The number of aromatic hydroxyl groups is 1. The number of rotatable bonds is 6. The van der Waals surface area contributed by atoms with Crippen LogP contribution in [0.25, 0.3) is 6.08 Å². The highest BCUT2D eigenvalue weighted by Crippen LogP contribution is 2.28. The molecule has 0 aromatic heterocycles. The molecule has 1 saturated carbocycles. The minimum absolute atomic E-state index is 0.108. The maximum absolute atomic E-state index is 11.9. The van der Waals surface area contributed by atoms with E-state index in [1.165, 1.54) is 24.3 Å². The molecule has 0 spiro atoms. The van der Waals surface area contributed by atoms with E-state index < -0.39 is 48.9 Å². The van der Waals surface area contributed by atoms with Crippen LogP contribution in [-0.2, 0) is 19.0 Å². The van der Waals surface area contributed by atoms with Gasteiger partial charge in [-0.1, -0.05) is 25.0 Å². The van der Waals surface area contributed by atoms with Gasteiger partial charge in [0, 0.05) is 6.08 Å². The highest BCUT2D eigenvalue weighted by atomic mass is 16.7. The van der Waals surface area contributed by atoms with Gasteiger partial charge in [0.1, 0.15) is 36.8 Å². The van der Waals surface area contributed by atoms with Crippen molar-refractivity contribution >= 4 is 12.0 Å². The number of hydrogen-bond donors (Lipinski definition) is 5. The quantitative estimate of drug-likeness (QED) is 0.316. The second-order valence-corrected chi connectivity index (χ2v) is 7.60. The predicted molar refractivity (Wildman–Crippen MR) is 104 cm³/mol. The number of benzene rings is 1. The summed E-state index contributed by atoms with van der Waals surface area (Å²) in [6.07, 6.45) is -2.57. The Labute approximate surface area is 174 Å². The summed E-state index contributed by atoms with van der Waals surface area (Å²) in [4.78, 5) is 11.9. The molecule has 0 amide bonds. The highest BCUT2D eigenvalue weighted by molar-refractivity contribution is 5.87. The lowest BCUT2D eigenvalue weighted by Crippen LogP contribution is -2.60. The summed E-state index contributed by atoms with van der Waals surface area (Å²) in [6.45, 7) is -0.364. The van der Waals surface area contributed by atoms with E-state index in [0.717, 1.165) is 12.8 Å². The fraction of sp³-hybridized carbons (Fsp3) is 0.571. The molecule has 1 aromatic carbocycles. The van der Waals surface area contributed by atoms with Crippen LogP contribution >= 0.6 is 0 Å². The second kappa shape index (κ2) is 10.3. The first-order valence-electron chi connectivity index (χ1n) is 10.0. The number of hydrogen-bond acceptors (Lipinski definition) is 9. The first-order chi connectivity index (χ1) is 14.3. The number of aliphatic hydroxyl groups is 4. The standard InChI is InChI=1S/C21H28O9/c22-13-8-5-12(6-9-13)7-10-17(24)28-11-16-18(25)19(26)20(27)21(30-16)29-15-4-2-1-3-14(15)23/h5-10,14-16,18-23,25-27H,1-4,11H2/b10-7+/t14-,15-,16+,18+,19-,20+,21+/m0/s1. The average Bonchev–Trinajstić information content (AvgIpc) is 2.74. The minimum atomic E-state index is -1.55. The topological polar surface area (TPSA) is 146 Å². The van der Waals surface area contributed by atoms with Crippen molar-refractivity contribution in [1.29, 1.82) is 0 Å². The zero-order valence-corrected chi connectivity index (χ0v) is 16.4. The Morgan fingerprint density at radius 3 is 2.43 bits per heavy atom. The fourth-order valence-electron chi connectivity index (χ4n) is 3.54. The molecule has 0 radical (unpaired) electrons. The van der Waals surface area contributed by atoms with Crippen LogP contribution in [0.15, 0.2) is 30.3 Å². The van der Waals surface area contributed by atoms with Gasteiger partial charge < -0.3 is 39.7 Å². The van der Waals surface area contributed by atoms with E-state index in [2.05, 4.69) is 0 Å². The summed E-state index contributed by atoms with van der Waals surface area (Å²) >= 11 is 0. The predicted octanol–water partition coefficient (Wildman–Crippen LogP) is 0.0763. The third-order valence-electron chi connectivity index (χ3n) is 5.34.